The van der Waals surface area contributed by atoms with Gasteiger partial charge in [-0.2, -0.15) is 0 Å². The van der Waals surface area contributed by atoms with Crippen LogP contribution in [-0.4, -0.2) is 19.5 Å². The summed E-state index contributed by atoms with van der Waals surface area (Å²) in [5, 5.41) is 0. The van der Waals surface area contributed by atoms with Crippen molar-refractivity contribution in [2.75, 3.05) is 0 Å². The molecule has 4 nitrogen and oxygen atoms in total. The highest BCUT2D eigenvalue weighted by atomic mass is 15.0. The molecule has 4 heteroatoms. The molecule has 0 atom stereocenters. The van der Waals surface area contributed by atoms with Crippen molar-refractivity contribution in [1.29, 1.82) is 0 Å². The Kier molecular flexibility index (Phi) is 3.12. The van der Waals surface area contributed by atoms with Crippen LogP contribution in [0.5, 0.6) is 0 Å². The van der Waals surface area contributed by atoms with Gasteiger partial charge in [0.05, 0.1) is 17.4 Å². The zero-order valence-electron chi connectivity index (χ0n) is 11.9. The Morgan fingerprint density at radius 2 is 1.73 bits per heavy atom. The molecule has 0 N–H and O–H groups in total. The van der Waals surface area contributed by atoms with Crippen molar-refractivity contribution in [3.05, 3.63) is 84.7 Å². The first kappa shape index (κ1) is 12.7. The molecule has 0 unspecified atom stereocenters. The Morgan fingerprint density at radius 3 is 2.59 bits per heavy atom. The first-order valence-corrected chi connectivity index (χ1v) is 7.16. The van der Waals surface area contributed by atoms with Crippen LogP contribution in [0.2, 0.25) is 0 Å². The van der Waals surface area contributed by atoms with E-state index >= 15 is 0 Å². The number of aromatic nitrogens is 4. The maximum atomic E-state index is 4.38. The van der Waals surface area contributed by atoms with E-state index in [0.717, 1.165) is 23.1 Å². The van der Waals surface area contributed by atoms with E-state index in [-0.39, 0.29) is 0 Å². The van der Waals surface area contributed by atoms with Crippen molar-refractivity contribution >= 4 is 11.0 Å². The lowest BCUT2D eigenvalue weighted by molar-refractivity contribution is 1.02. The van der Waals surface area contributed by atoms with Crippen molar-refractivity contribution in [2.24, 2.45) is 0 Å². The molecule has 0 aliphatic heterocycles. The fourth-order valence-corrected chi connectivity index (χ4v) is 2.65. The minimum Gasteiger partial charge on any atom is -0.306 e. The largest absolute Gasteiger partial charge is 0.306 e. The lowest BCUT2D eigenvalue weighted by atomic mass is 10.0. The normalized spacial score (nSPS) is 10.9. The van der Waals surface area contributed by atoms with Gasteiger partial charge in [0, 0.05) is 30.5 Å². The fraction of sp³-hybridized carbons (Fsp3) is 0.0556. The summed E-state index contributed by atoms with van der Waals surface area (Å²) in [6.07, 6.45) is 9.88. The molecule has 0 bridgehead atoms. The van der Waals surface area contributed by atoms with E-state index < -0.39 is 0 Å². The summed E-state index contributed by atoms with van der Waals surface area (Å²) in [7, 11) is 0. The number of hydrogen-bond donors (Lipinski definition) is 0. The fourth-order valence-electron chi connectivity index (χ4n) is 2.65. The Hall–Kier alpha value is -3.01. The zero-order valence-corrected chi connectivity index (χ0v) is 11.9. The van der Waals surface area contributed by atoms with E-state index in [1.165, 1.54) is 11.1 Å². The number of nitrogens with zero attached hydrogens (tertiary/aromatic N) is 4. The van der Waals surface area contributed by atoms with Crippen molar-refractivity contribution in [2.45, 2.75) is 6.42 Å². The van der Waals surface area contributed by atoms with Crippen LogP contribution in [0.1, 0.15) is 11.1 Å². The lowest BCUT2D eigenvalue weighted by Gasteiger charge is -2.10. The number of benzene rings is 2. The molecule has 2 aromatic carbocycles. The standard InChI is InChI=1S/C18H14N4/c1-2-4-18(22-10-9-19-13-22)15(3-1)11-14-5-6-16-17(12-14)21-8-7-20-16/h1-10,12-13H,11H2. The Bertz CT molecular complexity index is 913. The van der Waals surface area contributed by atoms with Gasteiger partial charge in [-0.25, -0.2) is 4.98 Å². The number of rotatable bonds is 3. The Labute approximate surface area is 128 Å². The summed E-state index contributed by atoms with van der Waals surface area (Å²) in [4.78, 5) is 12.8. The predicted molar refractivity (Wildman–Crippen MR) is 85.9 cm³/mol. The molecule has 22 heavy (non-hydrogen) atoms. The summed E-state index contributed by atoms with van der Waals surface area (Å²) < 4.78 is 2.04. The van der Waals surface area contributed by atoms with Gasteiger partial charge in [-0.15, -0.1) is 0 Å². The van der Waals surface area contributed by atoms with E-state index in [2.05, 4.69) is 45.3 Å². The van der Waals surface area contributed by atoms with Crippen molar-refractivity contribution in [3.8, 4) is 5.69 Å². The summed E-state index contributed by atoms with van der Waals surface area (Å²) in [5.41, 5.74) is 5.48. The zero-order chi connectivity index (χ0) is 14.8. The average molecular weight is 286 g/mol. The molecule has 0 aliphatic carbocycles. The quantitative estimate of drug-likeness (QED) is 0.579. The van der Waals surface area contributed by atoms with Crippen LogP contribution in [0, 0.1) is 0 Å². The summed E-state index contributed by atoms with van der Waals surface area (Å²) in [6, 6.07) is 14.6. The minimum atomic E-state index is 0.848. The van der Waals surface area contributed by atoms with Crippen LogP contribution < -0.4 is 0 Å². The summed E-state index contributed by atoms with van der Waals surface area (Å²) in [6.45, 7) is 0. The van der Waals surface area contributed by atoms with Gasteiger partial charge in [0.15, 0.2) is 0 Å². The molecule has 0 aliphatic rings. The molecule has 0 spiro atoms. The summed E-state index contributed by atoms with van der Waals surface area (Å²) >= 11 is 0. The second-order valence-electron chi connectivity index (χ2n) is 5.15. The maximum Gasteiger partial charge on any atom is 0.0991 e. The third-order valence-electron chi connectivity index (χ3n) is 3.70. The molecule has 0 saturated carbocycles. The third-order valence-corrected chi connectivity index (χ3v) is 3.70. The molecule has 4 rings (SSSR count). The number of para-hydroxylation sites is 1. The van der Waals surface area contributed by atoms with Gasteiger partial charge in [-0.3, -0.25) is 9.97 Å². The second-order valence-corrected chi connectivity index (χ2v) is 5.15. The van der Waals surface area contributed by atoms with Crippen LogP contribution in [0.15, 0.2) is 73.6 Å². The topological polar surface area (TPSA) is 43.6 Å². The van der Waals surface area contributed by atoms with Gasteiger partial charge in [-0.05, 0) is 35.7 Å². The van der Waals surface area contributed by atoms with Gasteiger partial charge in [-0.1, -0.05) is 24.3 Å². The first-order valence-electron chi connectivity index (χ1n) is 7.16. The van der Waals surface area contributed by atoms with Gasteiger partial charge in [0.2, 0.25) is 0 Å². The predicted octanol–water partition coefficient (Wildman–Crippen LogP) is 3.41. The monoisotopic (exact) mass is 286 g/mol. The molecule has 0 radical (unpaired) electrons. The van der Waals surface area contributed by atoms with Crippen LogP contribution in [0.25, 0.3) is 16.7 Å². The highest BCUT2D eigenvalue weighted by molar-refractivity contribution is 5.74. The first-order chi connectivity index (χ1) is 10.9. The van der Waals surface area contributed by atoms with E-state index in [0.29, 0.717) is 0 Å². The molecule has 0 amide bonds. The van der Waals surface area contributed by atoms with E-state index in [1.54, 1.807) is 18.6 Å². The molecule has 0 saturated heterocycles. The Morgan fingerprint density at radius 1 is 0.864 bits per heavy atom. The van der Waals surface area contributed by atoms with E-state index in [1.807, 2.05) is 29.2 Å². The van der Waals surface area contributed by atoms with Gasteiger partial charge < -0.3 is 4.57 Å². The van der Waals surface area contributed by atoms with Crippen LogP contribution in [-0.2, 0) is 6.42 Å². The van der Waals surface area contributed by atoms with Crippen molar-refractivity contribution in [1.82, 2.24) is 19.5 Å². The molecular formula is C18H14N4. The average Bonchev–Trinajstić information content (AvgIpc) is 3.10. The van der Waals surface area contributed by atoms with E-state index in [4.69, 9.17) is 0 Å². The van der Waals surface area contributed by atoms with Crippen molar-refractivity contribution < 1.29 is 0 Å². The number of fused-ring (bicyclic) bond motifs is 1. The molecule has 4 aromatic rings. The maximum absolute atomic E-state index is 4.38. The molecule has 2 aromatic heterocycles. The minimum absolute atomic E-state index is 0.848. The number of imidazole rings is 1. The second kappa shape index (κ2) is 5.41. The van der Waals surface area contributed by atoms with Crippen LogP contribution >= 0.6 is 0 Å². The van der Waals surface area contributed by atoms with E-state index in [9.17, 15) is 0 Å². The highest BCUT2D eigenvalue weighted by Crippen LogP contribution is 2.20. The highest BCUT2D eigenvalue weighted by Gasteiger charge is 2.06. The van der Waals surface area contributed by atoms with Crippen LogP contribution in [0.4, 0.5) is 0 Å². The van der Waals surface area contributed by atoms with Gasteiger partial charge in [0.25, 0.3) is 0 Å². The summed E-state index contributed by atoms with van der Waals surface area (Å²) in [5.74, 6) is 0. The smallest absolute Gasteiger partial charge is 0.0991 e. The third kappa shape index (κ3) is 2.35. The van der Waals surface area contributed by atoms with Gasteiger partial charge in [0.1, 0.15) is 0 Å². The van der Waals surface area contributed by atoms with Crippen LogP contribution in [0.3, 0.4) is 0 Å². The number of hydrogen-bond acceptors (Lipinski definition) is 3. The lowest BCUT2D eigenvalue weighted by Crippen LogP contribution is -1.98. The van der Waals surface area contributed by atoms with Crippen molar-refractivity contribution in [3.63, 3.8) is 0 Å². The molecular weight excluding hydrogens is 272 g/mol. The molecule has 106 valence electrons. The SMILES string of the molecule is c1ccc(-n2ccnc2)c(Cc2ccc3nccnc3c2)c1. The molecule has 0 fully saturated rings. The van der Waals surface area contributed by atoms with Gasteiger partial charge >= 0.3 is 0 Å². The molecule has 2 heterocycles. The Balaban J connectivity index is 1.73.